The van der Waals surface area contributed by atoms with Gasteiger partial charge in [0.1, 0.15) is 11.5 Å². The number of hydrogen-bond acceptors (Lipinski definition) is 4. The molecule has 0 bridgehead atoms. The van der Waals surface area contributed by atoms with Gasteiger partial charge in [0.25, 0.3) is 0 Å². The lowest BCUT2D eigenvalue weighted by molar-refractivity contribution is 0.483. The van der Waals surface area contributed by atoms with Crippen LogP contribution in [0, 0.1) is 0 Å². The summed E-state index contributed by atoms with van der Waals surface area (Å²) in [5.41, 5.74) is 7.02. The third kappa shape index (κ3) is 2.75. The highest BCUT2D eigenvalue weighted by molar-refractivity contribution is 5.58. The van der Waals surface area contributed by atoms with Gasteiger partial charge in [-0.3, -0.25) is 0 Å². The second-order valence-electron chi connectivity index (χ2n) is 4.28. The Morgan fingerprint density at radius 1 is 0.800 bits per heavy atom. The van der Waals surface area contributed by atoms with Crippen LogP contribution in [0.2, 0.25) is 0 Å². The average Bonchev–Trinajstić information content (AvgIpc) is 2.49. The van der Waals surface area contributed by atoms with Crippen LogP contribution in [0.4, 0.5) is 5.69 Å². The van der Waals surface area contributed by atoms with Crippen LogP contribution >= 0.6 is 0 Å². The first-order chi connectivity index (χ1) is 9.81. The van der Waals surface area contributed by atoms with Gasteiger partial charge in [-0.15, -0.1) is 0 Å². The molecule has 2 aromatic carbocycles. The lowest BCUT2D eigenvalue weighted by Gasteiger charge is -2.07. The second-order valence-corrected chi connectivity index (χ2v) is 4.28. The monoisotopic (exact) mass is 263 g/mol. The lowest BCUT2D eigenvalue weighted by atomic mass is 10.2. The third-order valence-corrected chi connectivity index (χ3v) is 2.74. The minimum absolute atomic E-state index is 0.547. The number of hydrogen-bond donors (Lipinski definition) is 1. The van der Waals surface area contributed by atoms with Gasteiger partial charge in [-0.25, -0.2) is 9.97 Å². The summed E-state index contributed by atoms with van der Waals surface area (Å²) in [4.78, 5) is 8.41. The molecule has 4 heteroatoms. The van der Waals surface area contributed by atoms with E-state index in [9.17, 15) is 0 Å². The Balaban J connectivity index is 1.88. The van der Waals surface area contributed by atoms with E-state index in [-0.39, 0.29) is 0 Å². The molecule has 0 aliphatic carbocycles. The van der Waals surface area contributed by atoms with Gasteiger partial charge >= 0.3 is 0 Å². The van der Waals surface area contributed by atoms with Crippen LogP contribution in [0.3, 0.4) is 0 Å². The Bertz CT molecular complexity index is 696. The summed E-state index contributed by atoms with van der Waals surface area (Å²) in [6.45, 7) is 0. The quantitative estimate of drug-likeness (QED) is 0.785. The van der Waals surface area contributed by atoms with E-state index in [0.717, 1.165) is 17.1 Å². The van der Waals surface area contributed by atoms with Crippen LogP contribution in [0.15, 0.2) is 67.0 Å². The van der Waals surface area contributed by atoms with Crippen molar-refractivity contribution in [3.8, 4) is 22.9 Å². The van der Waals surface area contributed by atoms with E-state index in [4.69, 9.17) is 10.5 Å². The molecule has 2 N–H and O–H groups in total. The fourth-order valence-corrected chi connectivity index (χ4v) is 1.81. The molecule has 98 valence electrons. The standard InChI is InChI=1S/C16H13N3O/c17-13-10-18-16(19-11-13)12-5-4-8-15(9-12)20-14-6-2-1-3-7-14/h1-11H,17H2. The molecule has 0 saturated carbocycles. The number of anilines is 1. The molecular formula is C16H13N3O. The Labute approximate surface area is 116 Å². The Morgan fingerprint density at radius 2 is 1.50 bits per heavy atom. The van der Waals surface area contributed by atoms with E-state index < -0.39 is 0 Å². The highest BCUT2D eigenvalue weighted by Gasteiger charge is 2.03. The zero-order valence-corrected chi connectivity index (χ0v) is 10.7. The summed E-state index contributed by atoms with van der Waals surface area (Å²) in [6, 6.07) is 17.3. The maximum atomic E-state index is 5.78. The summed E-state index contributed by atoms with van der Waals surface area (Å²) >= 11 is 0. The minimum Gasteiger partial charge on any atom is -0.457 e. The summed E-state index contributed by atoms with van der Waals surface area (Å²) in [5, 5.41) is 0. The van der Waals surface area contributed by atoms with Gasteiger partial charge in [-0.05, 0) is 24.3 Å². The zero-order valence-electron chi connectivity index (χ0n) is 10.7. The molecule has 20 heavy (non-hydrogen) atoms. The molecular weight excluding hydrogens is 250 g/mol. The maximum Gasteiger partial charge on any atom is 0.159 e. The zero-order chi connectivity index (χ0) is 13.8. The van der Waals surface area contributed by atoms with Crippen LogP contribution in [0.5, 0.6) is 11.5 Å². The smallest absolute Gasteiger partial charge is 0.159 e. The fraction of sp³-hybridized carbons (Fsp3) is 0. The summed E-state index contributed by atoms with van der Waals surface area (Å²) in [6.07, 6.45) is 3.18. The molecule has 0 saturated heterocycles. The molecule has 4 nitrogen and oxygen atoms in total. The van der Waals surface area contributed by atoms with Gasteiger partial charge in [0, 0.05) is 5.56 Å². The van der Waals surface area contributed by atoms with Crippen molar-refractivity contribution >= 4 is 5.69 Å². The molecule has 3 aromatic rings. The number of nitrogens with two attached hydrogens (primary N) is 1. The van der Waals surface area contributed by atoms with E-state index in [2.05, 4.69) is 9.97 Å². The first-order valence-electron chi connectivity index (χ1n) is 6.22. The number of ether oxygens (including phenoxy) is 1. The van der Waals surface area contributed by atoms with Crippen molar-refractivity contribution in [2.75, 3.05) is 5.73 Å². The summed E-state index contributed by atoms with van der Waals surface area (Å²) < 4.78 is 5.78. The fourth-order valence-electron chi connectivity index (χ4n) is 1.81. The number of rotatable bonds is 3. The van der Waals surface area contributed by atoms with E-state index in [1.165, 1.54) is 0 Å². The van der Waals surface area contributed by atoms with Crippen LogP contribution in [-0.4, -0.2) is 9.97 Å². The predicted octanol–water partition coefficient (Wildman–Crippen LogP) is 3.52. The molecule has 0 atom stereocenters. The first kappa shape index (κ1) is 12.2. The van der Waals surface area contributed by atoms with Crippen molar-refractivity contribution < 1.29 is 4.74 Å². The Morgan fingerprint density at radius 3 is 2.25 bits per heavy atom. The van der Waals surface area contributed by atoms with Gasteiger partial charge in [0.2, 0.25) is 0 Å². The van der Waals surface area contributed by atoms with Crippen molar-refractivity contribution in [3.05, 3.63) is 67.0 Å². The van der Waals surface area contributed by atoms with Crippen LogP contribution in [-0.2, 0) is 0 Å². The van der Waals surface area contributed by atoms with Crippen molar-refractivity contribution in [3.63, 3.8) is 0 Å². The van der Waals surface area contributed by atoms with Gasteiger partial charge in [-0.2, -0.15) is 0 Å². The van der Waals surface area contributed by atoms with Crippen molar-refractivity contribution in [2.45, 2.75) is 0 Å². The minimum atomic E-state index is 0.547. The van der Waals surface area contributed by atoms with Crippen LogP contribution < -0.4 is 10.5 Å². The lowest BCUT2D eigenvalue weighted by Crippen LogP contribution is -1.92. The molecule has 0 fully saturated rings. The van der Waals surface area contributed by atoms with Gasteiger partial charge in [0.05, 0.1) is 18.1 Å². The van der Waals surface area contributed by atoms with Crippen LogP contribution in [0.25, 0.3) is 11.4 Å². The number of aromatic nitrogens is 2. The number of para-hydroxylation sites is 1. The SMILES string of the molecule is Nc1cnc(-c2cccc(Oc3ccccc3)c2)nc1. The molecule has 0 unspecified atom stereocenters. The molecule has 0 spiro atoms. The van der Waals surface area contributed by atoms with Crippen molar-refractivity contribution in [1.29, 1.82) is 0 Å². The average molecular weight is 263 g/mol. The Kier molecular flexibility index (Phi) is 3.29. The topological polar surface area (TPSA) is 61.0 Å². The number of nitrogens with zero attached hydrogens (tertiary/aromatic N) is 2. The van der Waals surface area contributed by atoms with Crippen molar-refractivity contribution in [2.24, 2.45) is 0 Å². The Hall–Kier alpha value is -2.88. The maximum absolute atomic E-state index is 5.78. The second kappa shape index (κ2) is 5.40. The van der Waals surface area contributed by atoms with Gasteiger partial charge in [0.15, 0.2) is 5.82 Å². The van der Waals surface area contributed by atoms with Gasteiger partial charge < -0.3 is 10.5 Å². The normalized spacial score (nSPS) is 10.2. The summed E-state index contributed by atoms with van der Waals surface area (Å²) in [7, 11) is 0. The highest BCUT2D eigenvalue weighted by Crippen LogP contribution is 2.25. The van der Waals surface area contributed by atoms with Crippen LogP contribution in [0.1, 0.15) is 0 Å². The van der Waals surface area contributed by atoms with E-state index in [1.807, 2.05) is 54.6 Å². The highest BCUT2D eigenvalue weighted by atomic mass is 16.5. The molecule has 1 heterocycles. The summed E-state index contributed by atoms with van der Waals surface area (Å²) in [5.74, 6) is 2.16. The van der Waals surface area contributed by atoms with Gasteiger partial charge in [-0.1, -0.05) is 30.3 Å². The predicted molar refractivity (Wildman–Crippen MR) is 78.4 cm³/mol. The molecule has 1 aromatic heterocycles. The largest absolute Gasteiger partial charge is 0.457 e. The van der Waals surface area contributed by atoms with E-state index in [1.54, 1.807) is 12.4 Å². The van der Waals surface area contributed by atoms with E-state index in [0.29, 0.717) is 11.5 Å². The molecule has 0 amide bonds. The molecule has 3 rings (SSSR count). The van der Waals surface area contributed by atoms with E-state index >= 15 is 0 Å². The number of benzene rings is 2. The van der Waals surface area contributed by atoms with Crippen molar-refractivity contribution in [1.82, 2.24) is 9.97 Å². The molecule has 0 aliphatic rings. The number of nitrogen functional groups attached to an aromatic ring is 1. The molecule has 0 radical (unpaired) electrons. The first-order valence-corrected chi connectivity index (χ1v) is 6.22. The third-order valence-electron chi connectivity index (χ3n) is 2.74. The molecule has 0 aliphatic heterocycles.